The summed E-state index contributed by atoms with van der Waals surface area (Å²) >= 11 is 0. The zero-order chi connectivity index (χ0) is 19.7. The molecule has 0 saturated carbocycles. The van der Waals surface area contributed by atoms with Gasteiger partial charge in [0, 0.05) is 16.9 Å². The summed E-state index contributed by atoms with van der Waals surface area (Å²) < 4.78 is 30.0. The Morgan fingerprint density at radius 3 is 2.83 bits per heavy atom. The van der Waals surface area contributed by atoms with E-state index in [1.165, 1.54) is 0 Å². The third-order valence-corrected chi connectivity index (χ3v) is 5.66. The maximum atomic E-state index is 12.8. The van der Waals surface area contributed by atoms with Crippen molar-refractivity contribution in [3.63, 3.8) is 0 Å². The number of hydrogen-bond donors (Lipinski definition) is 0. The van der Waals surface area contributed by atoms with Crippen molar-refractivity contribution >= 4 is 21.8 Å². The summed E-state index contributed by atoms with van der Waals surface area (Å²) in [4.78, 5) is 13.1. The molecule has 1 unspecified atom stereocenters. The Bertz CT molecular complexity index is 991. The smallest absolute Gasteiger partial charge is 0.490 e. The molecule has 2 atom stereocenters. The van der Waals surface area contributed by atoms with Crippen molar-refractivity contribution in [1.29, 1.82) is 0 Å². The van der Waals surface area contributed by atoms with Gasteiger partial charge in [-0.05, 0) is 37.9 Å². The van der Waals surface area contributed by atoms with Crippen molar-refractivity contribution in [2.45, 2.75) is 43.6 Å². The molecule has 0 bridgehead atoms. The monoisotopic (exact) mass is 423 g/mol. The van der Waals surface area contributed by atoms with Crippen LogP contribution in [-0.2, 0) is 26.0 Å². The van der Waals surface area contributed by atoms with E-state index in [1.807, 2.05) is 45.0 Å². The maximum Gasteiger partial charge on any atom is 1.00 e. The van der Waals surface area contributed by atoms with Gasteiger partial charge in [0.2, 0.25) is 0 Å². The van der Waals surface area contributed by atoms with Crippen molar-refractivity contribution in [2.75, 3.05) is 13.2 Å². The molecule has 0 radical (unpaired) electrons. The van der Waals surface area contributed by atoms with Gasteiger partial charge in [-0.1, -0.05) is 24.3 Å². The average molecular weight is 423 g/mol. The molecular weight excluding hydrogens is 401 g/mol. The Morgan fingerprint density at radius 1 is 1.31 bits per heavy atom. The molecular formula is C20H22N3NaO4S. The van der Waals surface area contributed by atoms with Crippen molar-refractivity contribution < 1.29 is 48.0 Å². The maximum absolute atomic E-state index is 12.8. The number of hydrogen-bond acceptors (Lipinski definition) is 6. The van der Waals surface area contributed by atoms with Crippen LogP contribution in [0.3, 0.4) is 0 Å². The number of ether oxygens (including phenoxy) is 3. The third kappa shape index (κ3) is 5.25. The molecule has 1 aliphatic heterocycles. The molecule has 148 valence electrons. The molecule has 0 amide bonds. The second-order valence-electron chi connectivity index (χ2n) is 7.13. The van der Waals surface area contributed by atoms with Gasteiger partial charge in [0.25, 0.3) is 0 Å². The van der Waals surface area contributed by atoms with E-state index in [1.54, 1.807) is 12.3 Å². The first kappa shape index (κ1) is 22.4. The van der Waals surface area contributed by atoms with Gasteiger partial charge in [0.1, 0.15) is 18.5 Å². The SMILES string of the molecule is Cc1c(OC[C@@H]2COC(C)(C)O2)ccnc1CS(=O)c1nc2ccccc2[n-]1.[Na+]. The number of rotatable bonds is 6. The van der Waals surface area contributed by atoms with Crippen molar-refractivity contribution in [3.8, 4) is 5.75 Å². The summed E-state index contributed by atoms with van der Waals surface area (Å²) in [6.45, 7) is 6.55. The van der Waals surface area contributed by atoms with Crippen LogP contribution >= 0.6 is 0 Å². The van der Waals surface area contributed by atoms with E-state index in [9.17, 15) is 4.21 Å². The zero-order valence-electron chi connectivity index (χ0n) is 17.0. The van der Waals surface area contributed by atoms with Crippen LogP contribution in [0.4, 0.5) is 0 Å². The number of pyridine rings is 1. The first-order valence-electron chi connectivity index (χ1n) is 9.08. The fraction of sp³-hybridized carbons (Fsp3) is 0.400. The van der Waals surface area contributed by atoms with Crippen LogP contribution in [0, 0.1) is 6.92 Å². The molecule has 1 fully saturated rings. The summed E-state index contributed by atoms with van der Waals surface area (Å²) in [5.41, 5.74) is 3.04. The van der Waals surface area contributed by atoms with Crippen molar-refractivity contribution in [2.24, 2.45) is 0 Å². The van der Waals surface area contributed by atoms with E-state index in [-0.39, 0.29) is 41.4 Å². The minimum Gasteiger partial charge on any atom is -0.490 e. The minimum absolute atomic E-state index is 0. The molecule has 0 aliphatic carbocycles. The van der Waals surface area contributed by atoms with Crippen LogP contribution in [-0.4, -0.2) is 39.3 Å². The second-order valence-corrected chi connectivity index (χ2v) is 8.47. The molecule has 29 heavy (non-hydrogen) atoms. The first-order valence-corrected chi connectivity index (χ1v) is 10.4. The summed E-state index contributed by atoms with van der Waals surface area (Å²) in [7, 11) is -1.39. The van der Waals surface area contributed by atoms with Crippen LogP contribution in [0.1, 0.15) is 25.1 Å². The Hall–Kier alpha value is -1.29. The summed E-state index contributed by atoms with van der Waals surface area (Å²) in [6.07, 6.45) is 1.54. The second kappa shape index (κ2) is 9.24. The molecule has 4 rings (SSSR count). The molecule has 1 aromatic carbocycles. The van der Waals surface area contributed by atoms with Gasteiger partial charge in [-0.2, -0.15) is 0 Å². The Morgan fingerprint density at radius 2 is 2.10 bits per heavy atom. The molecule has 0 N–H and O–H groups in total. The van der Waals surface area contributed by atoms with E-state index in [0.717, 1.165) is 16.6 Å². The number of fused-ring (bicyclic) bond motifs is 1. The third-order valence-electron chi connectivity index (χ3n) is 4.54. The fourth-order valence-corrected chi connectivity index (χ4v) is 4.13. The van der Waals surface area contributed by atoms with Gasteiger partial charge in [-0.3, -0.25) is 9.19 Å². The molecule has 9 heteroatoms. The molecule has 1 saturated heterocycles. The number of aromatic nitrogens is 3. The molecule has 7 nitrogen and oxygen atoms in total. The quantitative estimate of drug-likeness (QED) is 0.505. The molecule has 0 spiro atoms. The largest absolute Gasteiger partial charge is 1.00 e. The van der Waals surface area contributed by atoms with Crippen LogP contribution in [0.5, 0.6) is 5.75 Å². The van der Waals surface area contributed by atoms with Gasteiger partial charge in [0.15, 0.2) is 5.79 Å². The fourth-order valence-electron chi connectivity index (χ4n) is 3.06. The summed E-state index contributed by atoms with van der Waals surface area (Å²) in [5, 5.41) is 0.326. The molecule has 2 aromatic heterocycles. The van der Waals surface area contributed by atoms with Gasteiger partial charge in [0.05, 0.1) is 28.9 Å². The van der Waals surface area contributed by atoms with E-state index >= 15 is 0 Å². The predicted molar refractivity (Wildman–Crippen MR) is 105 cm³/mol. The standard InChI is InChI=1S/C20H22N3O4S.Na/c1-13-17(12-28(24)19-22-15-6-4-5-7-16(15)23-19)21-9-8-18(13)25-10-14-11-26-20(2,3)27-14;/h4-9,14H,10-12H2,1-3H3;/q-1;+1/t14-,28?;/m1./s1. The van der Waals surface area contributed by atoms with Gasteiger partial charge in [-0.15, -0.1) is 0 Å². The first-order chi connectivity index (χ1) is 13.4. The van der Waals surface area contributed by atoms with Crippen molar-refractivity contribution in [3.05, 3.63) is 47.8 Å². The average Bonchev–Trinajstić information content (AvgIpc) is 3.25. The molecule has 1 aliphatic rings. The van der Waals surface area contributed by atoms with Gasteiger partial charge >= 0.3 is 29.6 Å². The van der Waals surface area contributed by atoms with E-state index < -0.39 is 16.6 Å². The van der Waals surface area contributed by atoms with Gasteiger partial charge < -0.3 is 24.2 Å². The Kier molecular flexibility index (Phi) is 7.14. The van der Waals surface area contributed by atoms with Gasteiger partial charge in [-0.25, -0.2) is 0 Å². The Balaban J connectivity index is 0.00000240. The number of nitrogens with zero attached hydrogens (tertiary/aromatic N) is 3. The Labute approximate surface area is 194 Å². The van der Waals surface area contributed by atoms with Crippen LogP contribution in [0.15, 0.2) is 41.7 Å². The normalized spacial score (nSPS) is 19.1. The van der Waals surface area contributed by atoms with E-state index in [0.29, 0.717) is 29.8 Å². The number of benzene rings is 1. The summed E-state index contributed by atoms with van der Waals surface area (Å²) in [6, 6.07) is 9.29. The number of para-hydroxylation sites is 2. The predicted octanol–water partition coefficient (Wildman–Crippen LogP) is -0.262. The van der Waals surface area contributed by atoms with E-state index in [2.05, 4.69) is 15.0 Å². The summed E-state index contributed by atoms with van der Waals surface area (Å²) in [5.74, 6) is 0.353. The molecule has 3 aromatic rings. The van der Waals surface area contributed by atoms with Crippen LogP contribution < -0.4 is 39.3 Å². The van der Waals surface area contributed by atoms with Crippen molar-refractivity contribution in [1.82, 2.24) is 15.0 Å². The minimum atomic E-state index is -1.39. The zero-order valence-corrected chi connectivity index (χ0v) is 19.9. The molecule has 3 heterocycles. The van der Waals surface area contributed by atoms with Crippen LogP contribution in [0.25, 0.3) is 11.0 Å². The number of imidazole rings is 1. The van der Waals surface area contributed by atoms with Crippen LogP contribution in [0.2, 0.25) is 0 Å². The van der Waals surface area contributed by atoms with E-state index in [4.69, 9.17) is 14.2 Å². The topological polar surface area (TPSA) is 84.6 Å².